The number of benzene rings is 2. The molecule has 2 heterocycles. The number of aryl methyl sites for hydroxylation is 2. The van der Waals surface area contributed by atoms with Crippen molar-refractivity contribution in [1.29, 1.82) is 0 Å². The van der Waals surface area contributed by atoms with Gasteiger partial charge in [0.25, 0.3) is 0 Å². The number of rotatable bonds is 6. The first-order chi connectivity index (χ1) is 15.9. The third kappa shape index (κ3) is 4.79. The predicted octanol–water partition coefficient (Wildman–Crippen LogP) is 3.13. The van der Waals surface area contributed by atoms with Crippen LogP contribution >= 0.6 is 0 Å². The lowest BCUT2D eigenvalue weighted by Gasteiger charge is -2.10. The second-order valence-electron chi connectivity index (χ2n) is 7.39. The summed E-state index contributed by atoms with van der Waals surface area (Å²) in [4.78, 5) is 4.47. The van der Waals surface area contributed by atoms with Gasteiger partial charge in [0.1, 0.15) is 12.4 Å². The Labute approximate surface area is 192 Å². The number of nitrogens with zero attached hydrogens (tertiary/aromatic N) is 5. The van der Waals surface area contributed by atoms with E-state index in [-0.39, 0.29) is 17.3 Å². The average Bonchev–Trinajstić information content (AvgIpc) is 3.33. The van der Waals surface area contributed by atoms with Gasteiger partial charge in [0.2, 0.25) is 10.0 Å². The molecule has 0 atom stereocenters. The number of hydrogen-bond acceptors (Lipinski definition) is 6. The van der Waals surface area contributed by atoms with E-state index in [0.29, 0.717) is 28.5 Å². The molecule has 0 saturated heterocycles. The van der Waals surface area contributed by atoms with Gasteiger partial charge in [-0.2, -0.15) is 23.4 Å². The maximum absolute atomic E-state index is 12.8. The highest BCUT2D eigenvalue weighted by atomic mass is 32.2. The van der Waals surface area contributed by atoms with E-state index in [1.807, 2.05) is 0 Å². The van der Waals surface area contributed by atoms with Gasteiger partial charge in [-0.1, -0.05) is 12.1 Å². The van der Waals surface area contributed by atoms with Crippen LogP contribution in [0.25, 0.3) is 22.8 Å². The molecule has 0 fully saturated rings. The number of hydrogen-bond donors (Lipinski definition) is 1. The van der Waals surface area contributed by atoms with Gasteiger partial charge in [0, 0.05) is 19.7 Å². The van der Waals surface area contributed by atoms with Crippen LogP contribution in [0.2, 0.25) is 0 Å². The van der Waals surface area contributed by atoms with Crippen molar-refractivity contribution < 1.29 is 26.3 Å². The lowest BCUT2D eigenvalue weighted by Crippen LogP contribution is -2.12. The van der Waals surface area contributed by atoms with Crippen LogP contribution in [0.1, 0.15) is 11.3 Å². The largest absolute Gasteiger partial charge is 0.487 e. The Morgan fingerprint density at radius 3 is 2.41 bits per heavy atom. The number of aromatic nitrogens is 5. The molecule has 4 aromatic rings. The first kappa shape index (κ1) is 23.4. The molecule has 0 aliphatic carbocycles. The summed E-state index contributed by atoms with van der Waals surface area (Å²) in [7, 11) is -0.543. The lowest BCUT2D eigenvalue weighted by molar-refractivity contribution is -0.137. The Kier molecular flexibility index (Phi) is 5.91. The third-order valence-corrected chi connectivity index (χ3v) is 5.95. The van der Waals surface area contributed by atoms with Crippen LogP contribution in [0, 0.1) is 0 Å². The van der Waals surface area contributed by atoms with Crippen molar-refractivity contribution in [2.24, 2.45) is 19.2 Å². The fourth-order valence-electron chi connectivity index (χ4n) is 3.27. The maximum Gasteiger partial charge on any atom is 0.416 e. The zero-order valence-electron chi connectivity index (χ0n) is 18.0. The monoisotopic (exact) mass is 492 g/mol. The average molecular weight is 492 g/mol. The highest BCUT2D eigenvalue weighted by molar-refractivity contribution is 7.89. The molecule has 178 valence electrons. The summed E-state index contributed by atoms with van der Waals surface area (Å²) in [6.45, 7) is 0.00564. The molecule has 4 rings (SSSR count). The van der Waals surface area contributed by atoms with Crippen molar-refractivity contribution in [3.63, 3.8) is 0 Å². The number of ether oxygens (including phenoxy) is 1. The van der Waals surface area contributed by atoms with Crippen LogP contribution in [-0.4, -0.2) is 33.0 Å². The van der Waals surface area contributed by atoms with Crippen molar-refractivity contribution in [3.8, 4) is 28.5 Å². The first-order valence-corrected chi connectivity index (χ1v) is 11.3. The molecule has 34 heavy (non-hydrogen) atoms. The topological polar surface area (TPSA) is 118 Å². The van der Waals surface area contributed by atoms with Gasteiger partial charge in [-0.25, -0.2) is 23.2 Å². The van der Waals surface area contributed by atoms with Gasteiger partial charge in [0.05, 0.1) is 27.9 Å². The Balaban J connectivity index is 1.60. The summed E-state index contributed by atoms with van der Waals surface area (Å²) in [5.41, 5.74) is 0.881. The zero-order valence-corrected chi connectivity index (χ0v) is 18.8. The van der Waals surface area contributed by atoms with Crippen LogP contribution in [0.4, 0.5) is 13.2 Å². The number of alkyl halides is 3. The summed E-state index contributed by atoms with van der Waals surface area (Å²) in [6, 6.07) is 10.4. The summed E-state index contributed by atoms with van der Waals surface area (Å²) in [5.74, 6) is 0.978. The van der Waals surface area contributed by atoms with E-state index in [1.54, 1.807) is 37.1 Å². The molecule has 2 aromatic carbocycles. The molecule has 0 amide bonds. The maximum atomic E-state index is 12.8. The van der Waals surface area contributed by atoms with Gasteiger partial charge >= 0.3 is 6.18 Å². The highest BCUT2D eigenvalue weighted by Crippen LogP contribution is 2.31. The molecule has 0 radical (unpaired) electrons. The summed E-state index contributed by atoms with van der Waals surface area (Å²) in [5, 5.41) is 13.8. The zero-order chi connectivity index (χ0) is 24.7. The standard InChI is InChI=1S/C21H19F3N6O3S/c1-29-18(12-33-15-8-6-14(7-9-15)21(22,23)24)17(11-26-29)19-27-20(30(2)28-19)13-4-3-5-16(10-13)34(25,31)32/h3-11H,12H2,1-2H3,(H2,25,31,32). The molecule has 0 spiro atoms. The molecule has 0 bridgehead atoms. The number of halogens is 3. The Hall–Kier alpha value is -3.71. The fourth-order valence-corrected chi connectivity index (χ4v) is 3.83. The summed E-state index contributed by atoms with van der Waals surface area (Å²) < 4.78 is 70.3. The molecule has 0 aliphatic heterocycles. The predicted molar refractivity (Wildman–Crippen MR) is 116 cm³/mol. The van der Waals surface area contributed by atoms with Crippen LogP contribution in [-0.2, 0) is 36.9 Å². The minimum atomic E-state index is -4.43. The van der Waals surface area contributed by atoms with E-state index in [9.17, 15) is 21.6 Å². The van der Waals surface area contributed by atoms with Gasteiger partial charge in [0.15, 0.2) is 11.6 Å². The second kappa shape index (κ2) is 8.57. The number of primary sulfonamides is 1. The van der Waals surface area contributed by atoms with Crippen LogP contribution < -0.4 is 9.88 Å². The Bertz CT molecular complexity index is 1440. The highest BCUT2D eigenvalue weighted by Gasteiger charge is 2.30. The Morgan fingerprint density at radius 1 is 1.06 bits per heavy atom. The van der Waals surface area contributed by atoms with E-state index in [4.69, 9.17) is 9.88 Å². The van der Waals surface area contributed by atoms with E-state index in [2.05, 4.69) is 15.2 Å². The molecule has 2 aromatic heterocycles. The lowest BCUT2D eigenvalue weighted by atomic mass is 10.2. The van der Waals surface area contributed by atoms with Crippen molar-refractivity contribution >= 4 is 10.0 Å². The van der Waals surface area contributed by atoms with Gasteiger partial charge in [-0.05, 0) is 36.4 Å². The van der Waals surface area contributed by atoms with Crippen LogP contribution in [0.5, 0.6) is 5.75 Å². The van der Waals surface area contributed by atoms with Crippen molar-refractivity contribution in [1.82, 2.24) is 24.5 Å². The molecule has 0 aliphatic rings. The van der Waals surface area contributed by atoms with E-state index in [1.165, 1.54) is 28.9 Å². The molecular weight excluding hydrogens is 473 g/mol. The van der Waals surface area contributed by atoms with Crippen LogP contribution in [0.3, 0.4) is 0 Å². The van der Waals surface area contributed by atoms with Crippen molar-refractivity contribution in [3.05, 3.63) is 66.0 Å². The molecule has 0 unspecified atom stereocenters. The first-order valence-electron chi connectivity index (χ1n) is 9.79. The number of sulfonamides is 1. The quantitative estimate of drug-likeness (QED) is 0.442. The van der Waals surface area contributed by atoms with Crippen molar-refractivity contribution in [2.45, 2.75) is 17.7 Å². The minimum Gasteiger partial charge on any atom is -0.487 e. The van der Waals surface area contributed by atoms with Gasteiger partial charge in [-0.15, -0.1) is 0 Å². The minimum absolute atomic E-state index is 0.00564. The van der Waals surface area contributed by atoms with E-state index >= 15 is 0 Å². The summed E-state index contributed by atoms with van der Waals surface area (Å²) >= 11 is 0. The summed E-state index contributed by atoms with van der Waals surface area (Å²) in [6.07, 6.45) is -2.88. The van der Waals surface area contributed by atoms with Gasteiger partial charge < -0.3 is 4.74 Å². The molecule has 2 N–H and O–H groups in total. The molecule has 0 saturated carbocycles. The molecular formula is C21H19F3N6O3S. The third-order valence-electron chi connectivity index (χ3n) is 5.04. The second-order valence-corrected chi connectivity index (χ2v) is 8.96. The fraction of sp³-hybridized carbons (Fsp3) is 0.190. The van der Waals surface area contributed by atoms with Crippen molar-refractivity contribution in [2.75, 3.05) is 0 Å². The normalized spacial score (nSPS) is 12.2. The number of nitrogens with two attached hydrogens (primary N) is 1. The van der Waals surface area contributed by atoms with E-state index in [0.717, 1.165) is 12.1 Å². The SMILES string of the molecule is Cn1nc(-c2cnn(C)c2COc2ccc(C(F)(F)F)cc2)nc1-c1cccc(S(N)(=O)=O)c1. The molecule has 9 nitrogen and oxygen atoms in total. The van der Waals surface area contributed by atoms with E-state index < -0.39 is 21.8 Å². The molecule has 13 heteroatoms. The van der Waals surface area contributed by atoms with Gasteiger partial charge in [-0.3, -0.25) is 4.68 Å². The smallest absolute Gasteiger partial charge is 0.416 e. The van der Waals surface area contributed by atoms with Crippen LogP contribution in [0.15, 0.2) is 59.6 Å². The Morgan fingerprint density at radius 2 is 1.76 bits per heavy atom.